The first kappa shape index (κ1) is 20.2. The Balaban J connectivity index is 1.45. The van der Waals surface area contributed by atoms with E-state index in [0.717, 1.165) is 40.4 Å². The van der Waals surface area contributed by atoms with E-state index in [2.05, 4.69) is 23.4 Å². The van der Waals surface area contributed by atoms with Gasteiger partial charge in [0.05, 0.1) is 54.4 Å². The molecule has 0 spiro atoms. The van der Waals surface area contributed by atoms with Crippen molar-refractivity contribution in [1.29, 1.82) is 5.26 Å². The number of ether oxygens (including phenoxy) is 2. The van der Waals surface area contributed by atoms with Crippen molar-refractivity contribution in [3.05, 3.63) is 64.6 Å². The molecular formula is C24H23N5O3. The summed E-state index contributed by atoms with van der Waals surface area (Å²) >= 11 is 0. The zero-order valence-corrected chi connectivity index (χ0v) is 17.8. The van der Waals surface area contributed by atoms with Crippen LogP contribution in [-0.4, -0.2) is 39.9 Å². The van der Waals surface area contributed by atoms with E-state index in [-0.39, 0.29) is 11.9 Å². The summed E-state index contributed by atoms with van der Waals surface area (Å²) in [7, 11) is 0. The summed E-state index contributed by atoms with van der Waals surface area (Å²) in [6, 6.07) is 13.1. The van der Waals surface area contributed by atoms with Crippen molar-refractivity contribution in [2.45, 2.75) is 39.0 Å². The fourth-order valence-corrected chi connectivity index (χ4v) is 4.20. The van der Waals surface area contributed by atoms with Crippen LogP contribution in [0.3, 0.4) is 0 Å². The van der Waals surface area contributed by atoms with Gasteiger partial charge in [0.15, 0.2) is 5.69 Å². The Morgan fingerprint density at radius 3 is 3.09 bits per heavy atom. The van der Waals surface area contributed by atoms with Crippen LogP contribution in [-0.2, 0) is 30.7 Å². The quantitative estimate of drug-likeness (QED) is 0.684. The van der Waals surface area contributed by atoms with E-state index in [1.165, 1.54) is 0 Å². The number of aryl methyl sites for hydroxylation is 1. The second kappa shape index (κ2) is 8.44. The number of aromatic nitrogens is 3. The Bertz CT molecular complexity index is 1230. The van der Waals surface area contributed by atoms with Gasteiger partial charge in [-0.15, -0.1) is 0 Å². The summed E-state index contributed by atoms with van der Waals surface area (Å²) < 4.78 is 13.3. The van der Waals surface area contributed by atoms with Gasteiger partial charge in [-0.1, -0.05) is 13.0 Å². The zero-order valence-electron chi connectivity index (χ0n) is 17.8. The Labute approximate surface area is 185 Å². The molecule has 1 amide bonds. The standard InChI is InChI=1S/C24H23N5O3/c1-2-17-4-3-5-19(26-17)22-20-14-31-9-8-29(20)28-23(22)24(30)27-18-11-16-10-15(12-25)6-7-21(16)32-13-18/h3-7,10,18H,2,8-9,11,13-14H2,1H3,(H,27,30)/t18-/m1/s1. The van der Waals surface area contributed by atoms with Crippen LogP contribution < -0.4 is 10.1 Å². The van der Waals surface area contributed by atoms with Gasteiger partial charge in [-0.05, 0) is 48.7 Å². The number of hydrogen-bond donors (Lipinski definition) is 1. The van der Waals surface area contributed by atoms with Gasteiger partial charge in [-0.3, -0.25) is 14.5 Å². The molecule has 3 aromatic rings. The van der Waals surface area contributed by atoms with Crippen LogP contribution in [0.5, 0.6) is 5.75 Å². The predicted octanol–water partition coefficient (Wildman–Crippen LogP) is 2.64. The first-order chi connectivity index (χ1) is 15.7. The lowest BCUT2D eigenvalue weighted by Crippen LogP contribution is -2.43. The molecule has 0 saturated heterocycles. The Morgan fingerprint density at radius 2 is 2.25 bits per heavy atom. The molecule has 0 aliphatic carbocycles. The van der Waals surface area contributed by atoms with Crippen molar-refractivity contribution in [2.75, 3.05) is 13.2 Å². The lowest BCUT2D eigenvalue weighted by atomic mass is 10.00. The van der Waals surface area contributed by atoms with Gasteiger partial charge in [0.25, 0.3) is 5.91 Å². The number of nitriles is 1. The largest absolute Gasteiger partial charge is 0.491 e. The zero-order chi connectivity index (χ0) is 22.1. The number of amides is 1. The van der Waals surface area contributed by atoms with E-state index in [9.17, 15) is 4.79 Å². The summed E-state index contributed by atoms with van der Waals surface area (Å²) in [5.74, 6) is 0.490. The Hall–Kier alpha value is -3.70. The second-order valence-corrected chi connectivity index (χ2v) is 7.93. The van der Waals surface area contributed by atoms with Crippen molar-refractivity contribution >= 4 is 5.91 Å². The van der Waals surface area contributed by atoms with Crippen LogP contribution in [0, 0.1) is 11.3 Å². The predicted molar refractivity (Wildman–Crippen MR) is 116 cm³/mol. The summed E-state index contributed by atoms with van der Waals surface area (Å²) in [5, 5.41) is 16.9. The van der Waals surface area contributed by atoms with E-state index >= 15 is 0 Å². The highest BCUT2D eigenvalue weighted by Crippen LogP contribution is 2.30. The minimum atomic E-state index is -0.265. The van der Waals surface area contributed by atoms with Gasteiger partial charge in [-0.25, -0.2) is 0 Å². The van der Waals surface area contributed by atoms with Crippen molar-refractivity contribution in [2.24, 2.45) is 0 Å². The van der Waals surface area contributed by atoms with Crippen molar-refractivity contribution in [3.63, 3.8) is 0 Å². The van der Waals surface area contributed by atoms with Crippen LogP contribution in [0.15, 0.2) is 36.4 Å². The minimum Gasteiger partial charge on any atom is -0.491 e. The SMILES string of the molecule is CCc1cccc(-c2c(C(=O)N[C@H]3COc4ccc(C#N)cc4C3)nn3c2COCC3)n1. The molecule has 8 nitrogen and oxygen atoms in total. The molecule has 1 N–H and O–H groups in total. The molecule has 8 heteroatoms. The monoisotopic (exact) mass is 429 g/mol. The highest BCUT2D eigenvalue weighted by atomic mass is 16.5. The maximum Gasteiger partial charge on any atom is 0.272 e. The number of hydrogen-bond acceptors (Lipinski definition) is 6. The molecule has 0 bridgehead atoms. The average Bonchev–Trinajstić information content (AvgIpc) is 3.23. The topological polar surface area (TPSA) is 102 Å². The lowest BCUT2D eigenvalue weighted by molar-refractivity contribution is 0.0799. The third-order valence-electron chi connectivity index (χ3n) is 5.82. The number of nitrogens with one attached hydrogen (secondary N) is 1. The summed E-state index contributed by atoms with van der Waals surface area (Å²) in [6.45, 7) is 3.96. The maximum atomic E-state index is 13.4. The van der Waals surface area contributed by atoms with E-state index in [4.69, 9.17) is 19.7 Å². The number of rotatable bonds is 4. The number of nitrogens with zero attached hydrogens (tertiary/aromatic N) is 4. The molecule has 2 aliphatic rings. The molecule has 0 saturated carbocycles. The molecule has 32 heavy (non-hydrogen) atoms. The normalized spacial score (nSPS) is 16.9. The molecule has 5 rings (SSSR count). The van der Waals surface area contributed by atoms with Gasteiger partial charge in [0, 0.05) is 5.69 Å². The van der Waals surface area contributed by atoms with Gasteiger partial charge in [0.1, 0.15) is 12.4 Å². The van der Waals surface area contributed by atoms with Crippen LogP contribution in [0.2, 0.25) is 0 Å². The summed E-state index contributed by atoms with van der Waals surface area (Å²) in [6.07, 6.45) is 1.39. The van der Waals surface area contributed by atoms with Gasteiger partial charge >= 0.3 is 0 Å². The van der Waals surface area contributed by atoms with Crippen LogP contribution in [0.25, 0.3) is 11.3 Å². The number of fused-ring (bicyclic) bond motifs is 2. The van der Waals surface area contributed by atoms with E-state index in [0.29, 0.717) is 44.0 Å². The third kappa shape index (κ3) is 3.72. The van der Waals surface area contributed by atoms with Crippen molar-refractivity contribution in [1.82, 2.24) is 20.1 Å². The molecule has 1 aromatic carbocycles. The smallest absolute Gasteiger partial charge is 0.272 e. The van der Waals surface area contributed by atoms with Crippen LogP contribution in [0.4, 0.5) is 0 Å². The molecule has 2 aromatic heterocycles. The third-order valence-corrected chi connectivity index (χ3v) is 5.82. The van der Waals surface area contributed by atoms with Crippen molar-refractivity contribution in [3.8, 4) is 23.1 Å². The van der Waals surface area contributed by atoms with Crippen LogP contribution in [0.1, 0.15) is 39.9 Å². The molecule has 4 heterocycles. The lowest BCUT2D eigenvalue weighted by Gasteiger charge is -2.26. The Morgan fingerprint density at radius 1 is 1.34 bits per heavy atom. The van der Waals surface area contributed by atoms with Gasteiger partial charge in [-0.2, -0.15) is 10.4 Å². The second-order valence-electron chi connectivity index (χ2n) is 7.93. The van der Waals surface area contributed by atoms with E-state index < -0.39 is 0 Å². The fraction of sp³-hybridized carbons (Fsp3) is 0.333. The van der Waals surface area contributed by atoms with E-state index in [1.807, 2.05) is 28.9 Å². The molecule has 0 unspecified atom stereocenters. The summed E-state index contributed by atoms with van der Waals surface area (Å²) in [4.78, 5) is 18.1. The molecule has 0 radical (unpaired) electrons. The molecule has 1 atom stereocenters. The van der Waals surface area contributed by atoms with E-state index in [1.54, 1.807) is 12.1 Å². The average molecular weight is 429 g/mol. The summed E-state index contributed by atoms with van der Waals surface area (Å²) in [5.41, 5.74) is 5.11. The minimum absolute atomic E-state index is 0.221. The molecule has 0 fully saturated rings. The van der Waals surface area contributed by atoms with Crippen molar-refractivity contribution < 1.29 is 14.3 Å². The number of benzene rings is 1. The van der Waals surface area contributed by atoms with Crippen LogP contribution >= 0.6 is 0 Å². The number of pyridine rings is 1. The van der Waals surface area contributed by atoms with Gasteiger partial charge < -0.3 is 14.8 Å². The first-order valence-electron chi connectivity index (χ1n) is 10.8. The Kier molecular flexibility index (Phi) is 5.33. The highest BCUT2D eigenvalue weighted by Gasteiger charge is 2.29. The molecule has 2 aliphatic heterocycles. The fourth-order valence-electron chi connectivity index (χ4n) is 4.20. The van der Waals surface area contributed by atoms with Gasteiger partial charge in [0.2, 0.25) is 0 Å². The molecule has 162 valence electrons. The number of carbonyl (C=O) groups is 1. The first-order valence-corrected chi connectivity index (χ1v) is 10.8. The molecular weight excluding hydrogens is 406 g/mol. The number of carbonyl (C=O) groups excluding carboxylic acids is 1. The maximum absolute atomic E-state index is 13.4. The highest BCUT2D eigenvalue weighted by molar-refractivity contribution is 5.99.